The maximum atomic E-state index is 6.44. The molecule has 0 unspecified atom stereocenters. The van der Waals surface area contributed by atoms with E-state index in [9.17, 15) is 0 Å². The van der Waals surface area contributed by atoms with Crippen molar-refractivity contribution in [3.63, 3.8) is 0 Å². The smallest absolute Gasteiger partial charge is 0.169 e. The van der Waals surface area contributed by atoms with Crippen LogP contribution >= 0.6 is 12.2 Å². The summed E-state index contributed by atoms with van der Waals surface area (Å²) in [7, 11) is 3.79. The maximum Gasteiger partial charge on any atom is 0.169 e. The summed E-state index contributed by atoms with van der Waals surface area (Å²) in [6.07, 6.45) is 11.5. The second-order valence-corrected chi connectivity index (χ2v) is 10.2. The summed E-state index contributed by atoms with van der Waals surface area (Å²) in [6.45, 7) is 4.40. The average Bonchev–Trinajstić information content (AvgIpc) is 2.85. The lowest BCUT2D eigenvalue weighted by molar-refractivity contribution is -0.0142. The second-order valence-electron chi connectivity index (χ2n) is 9.84. The molecule has 0 radical (unpaired) electrons. The van der Waals surface area contributed by atoms with Gasteiger partial charge in [0, 0.05) is 51.9 Å². The number of nitrogens with one attached hydrogen (secondary N) is 2. The van der Waals surface area contributed by atoms with Crippen LogP contribution in [0, 0.1) is 11.8 Å². The van der Waals surface area contributed by atoms with Crippen LogP contribution in [0.2, 0.25) is 0 Å². The third-order valence-electron chi connectivity index (χ3n) is 7.21. The van der Waals surface area contributed by atoms with Gasteiger partial charge in [0.1, 0.15) is 0 Å². The predicted molar refractivity (Wildman–Crippen MR) is 141 cm³/mol. The fraction of sp³-hybridized carbons (Fsp3) is 0.741. The number of benzene rings is 1. The first-order chi connectivity index (χ1) is 16.2. The minimum atomic E-state index is 0.101. The number of likely N-dealkylation sites (tertiary alicyclic amines) is 1. The summed E-state index contributed by atoms with van der Waals surface area (Å²) >= 11 is 5.94. The van der Waals surface area contributed by atoms with E-state index in [2.05, 4.69) is 45.9 Å². The van der Waals surface area contributed by atoms with E-state index in [1.54, 1.807) is 7.11 Å². The van der Waals surface area contributed by atoms with Gasteiger partial charge < -0.3 is 25.0 Å². The third kappa shape index (κ3) is 8.82. The van der Waals surface area contributed by atoms with Crippen molar-refractivity contribution in [2.24, 2.45) is 11.8 Å². The molecule has 3 rings (SSSR count). The quantitative estimate of drug-likeness (QED) is 0.330. The Kier molecular flexibility index (Phi) is 11.9. The number of ether oxygens (including phenoxy) is 2. The molecule has 186 valence electrons. The minimum absolute atomic E-state index is 0.101. The first kappa shape index (κ1) is 26.4. The van der Waals surface area contributed by atoms with Gasteiger partial charge in [0.25, 0.3) is 0 Å². The first-order valence-corrected chi connectivity index (χ1v) is 13.5. The molecule has 3 atom stereocenters. The Hall–Kier alpha value is -1.21. The Morgan fingerprint density at radius 1 is 1.09 bits per heavy atom. The Morgan fingerprint density at radius 3 is 2.61 bits per heavy atom. The van der Waals surface area contributed by atoms with Crippen molar-refractivity contribution in [1.29, 1.82) is 0 Å². The standard InChI is InChI=1S/C27H45N3O2S/c1-28-20-25(19-22-11-5-3-6-12-22)29-27(33)30-16-9-15-24(21-30)26(32-18-10-17-31-2)23-13-7-4-8-14-23/h4,7-8,13-14,22,24-26,28H,3,5-6,9-12,15-21H2,1-2H3,(H,29,33)/t24-,25+,26+/m1/s1. The molecule has 0 bridgehead atoms. The van der Waals surface area contributed by atoms with Gasteiger partial charge in [0.2, 0.25) is 0 Å². The van der Waals surface area contributed by atoms with Crippen molar-refractivity contribution < 1.29 is 9.47 Å². The first-order valence-electron chi connectivity index (χ1n) is 13.1. The summed E-state index contributed by atoms with van der Waals surface area (Å²) < 4.78 is 11.7. The van der Waals surface area contributed by atoms with Crippen LogP contribution in [-0.4, -0.2) is 63.1 Å². The van der Waals surface area contributed by atoms with Gasteiger partial charge in [0.15, 0.2) is 5.11 Å². The fourth-order valence-electron chi connectivity index (χ4n) is 5.53. The highest BCUT2D eigenvalue weighted by molar-refractivity contribution is 7.80. The van der Waals surface area contributed by atoms with E-state index in [4.69, 9.17) is 21.7 Å². The Labute approximate surface area is 207 Å². The van der Waals surface area contributed by atoms with E-state index in [0.717, 1.165) is 56.7 Å². The van der Waals surface area contributed by atoms with E-state index < -0.39 is 0 Å². The molecule has 5 nitrogen and oxygen atoms in total. The summed E-state index contributed by atoms with van der Waals surface area (Å²) in [6, 6.07) is 11.1. The molecule has 1 aliphatic carbocycles. The summed E-state index contributed by atoms with van der Waals surface area (Å²) in [5.74, 6) is 1.27. The van der Waals surface area contributed by atoms with Crippen LogP contribution in [0.3, 0.4) is 0 Å². The molecule has 0 amide bonds. The molecule has 2 N–H and O–H groups in total. The molecule has 1 saturated carbocycles. The zero-order chi connectivity index (χ0) is 23.3. The normalized spacial score (nSPS) is 21.5. The van der Waals surface area contributed by atoms with Crippen molar-refractivity contribution in [2.75, 3.05) is 47.0 Å². The molecule has 2 aliphatic rings. The molecule has 6 heteroatoms. The summed E-state index contributed by atoms with van der Waals surface area (Å²) in [5.41, 5.74) is 1.27. The topological polar surface area (TPSA) is 45.8 Å². The maximum absolute atomic E-state index is 6.44. The minimum Gasteiger partial charge on any atom is -0.385 e. The fourth-order valence-corrected chi connectivity index (χ4v) is 5.87. The van der Waals surface area contributed by atoms with Crippen molar-refractivity contribution in [1.82, 2.24) is 15.5 Å². The molecule has 1 saturated heterocycles. The van der Waals surface area contributed by atoms with Crippen LogP contribution in [0.5, 0.6) is 0 Å². The van der Waals surface area contributed by atoms with Crippen molar-refractivity contribution in [2.45, 2.75) is 69.9 Å². The molecular formula is C27H45N3O2S. The van der Waals surface area contributed by atoms with Gasteiger partial charge in [0.05, 0.1) is 6.10 Å². The average molecular weight is 476 g/mol. The van der Waals surface area contributed by atoms with Crippen LogP contribution in [0.15, 0.2) is 30.3 Å². The lowest BCUT2D eigenvalue weighted by atomic mass is 9.85. The molecule has 33 heavy (non-hydrogen) atoms. The lowest BCUT2D eigenvalue weighted by Crippen LogP contribution is -2.51. The lowest BCUT2D eigenvalue weighted by Gasteiger charge is -2.39. The molecule has 0 aromatic heterocycles. The van der Waals surface area contributed by atoms with Crippen molar-refractivity contribution >= 4 is 17.3 Å². The second kappa shape index (κ2) is 14.9. The molecule has 1 aromatic rings. The molecule has 2 fully saturated rings. The molecule has 1 aliphatic heterocycles. The van der Waals surface area contributed by atoms with Gasteiger partial charge in [-0.2, -0.15) is 0 Å². The monoisotopic (exact) mass is 475 g/mol. The van der Waals surface area contributed by atoms with E-state index in [1.807, 2.05) is 7.05 Å². The van der Waals surface area contributed by atoms with Crippen LogP contribution in [-0.2, 0) is 9.47 Å². The summed E-state index contributed by atoms with van der Waals surface area (Å²) in [4.78, 5) is 2.39. The van der Waals surface area contributed by atoms with Crippen LogP contribution in [0.4, 0.5) is 0 Å². The van der Waals surface area contributed by atoms with Gasteiger partial charge in [-0.3, -0.25) is 0 Å². The number of methoxy groups -OCH3 is 1. The largest absolute Gasteiger partial charge is 0.385 e. The molecule has 1 heterocycles. The van der Waals surface area contributed by atoms with Crippen LogP contribution in [0.1, 0.15) is 69.5 Å². The number of rotatable bonds is 12. The van der Waals surface area contributed by atoms with Crippen molar-refractivity contribution in [3.8, 4) is 0 Å². The highest BCUT2D eigenvalue weighted by atomic mass is 32.1. The Bertz CT molecular complexity index is 669. The number of hydrogen-bond acceptors (Lipinski definition) is 4. The van der Waals surface area contributed by atoms with E-state index in [0.29, 0.717) is 12.0 Å². The number of thiocarbonyl (C=S) groups is 1. The predicted octanol–water partition coefficient (Wildman–Crippen LogP) is 4.93. The van der Waals surface area contributed by atoms with Gasteiger partial charge in [-0.25, -0.2) is 0 Å². The molecular weight excluding hydrogens is 430 g/mol. The zero-order valence-electron chi connectivity index (χ0n) is 20.8. The number of nitrogens with zero attached hydrogens (tertiary/aromatic N) is 1. The SMILES string of the molecule is CNC[C@H](CC1CCCCC1)NC(=S)N1CCC[C@@H]([C@@H](OCCCOC)c2ccccc2)C1. The third-order valence-corrected chi connectivity index (χ3v) is 7.59. The summed E-state index contributed by atoms with van der Waals surface area (Å²) in [5, 5.41) is 8.03. The van der Waals surface area contributed by atoms with Crippen LogP contribution in [0.25, 0.3) is 0 Å². The van der Waals surface area contributed by atoms with Gasteiger partial charge in [-0.05, 0) is 56.4 Å². The number of likely N-dealkylation sites (N-methyl/N-ethyl adjacent to an activating group) is 1. The van der Waals surface area contributed by atoms with Crippen molar-refractivity contribution in [3.05, 3.63) is 35.9 Å². The molecule has 1 aromatic carbocycles. The molecule has 0 spiro atoms. The van der Waals surface area contributed by atoms with Crippen LogP contribution < -0.4 is 10.6 Å². The van der Waals surface area contributed by atoms with E-state index >= 15 is 0 Å². The highest BCUT2D eigenvalue weighted by Crippen LogP contribution is 2.33. The number of piperidine rings is 1. The highest BCUT2D eigenvalue weighted by Gasteiger charge is 2.31. The van der Waals surface area contributed by atoms with Gasteiger partial charge >= 0.3 is 0 Å². The zero-order valence-corrected chi connectivity index (χ0v) is 21.6. The van der Waals surface area contributed by atoms with E-state index in [1.165, 1.54) is 50.5 Å². The van der Waals surface area contributed by atoms with E-state index in [-0.39, 0.29) is 6.10 Å². The Balaban J connectivity index is 1.59. The Morgan fingerprint density at radius 2 is 1.88 bits per heavy atom. The van der Waals surface area contributed by atoms with Gasteiger partial charge in [-0.1, -0.05) is 62.4 Å². The number of hydrogen-bond donors (Lipinski definition) is 2. The van der Waals surface area contributed by atoms with Gasteiger partial charge in [-0.15, -0.1) is 0 Å².